The van der Waals surface area contributed by atoms with Crippen molar-refractivity contribution < 1.29 is 4.74 Å². The Labute approximate surface area is 165 Å². The number of piperazine rings is 1. The first kappa shape index (κ1) is 16.9. The second kappa shape index (κ2) is 7.06. The highest BCUT2D eigenvalue weighted by molar-refractivity contribution is 9.10. The maximum Gasteiger partial charge on any atom is 0.180 e. The van der Waals surface area contributed by atoms with Crippen molar-refractivity contribution in [2.24, 2.45) is 0 Å². The Bertz CT molecular complexity index is 933. The van der Waals surface area contributed by atoms with E-state index in [-0.39, 0.29) is 0 Å². The molecule has 5 rings (SSSR count). The van der Waals surface area contributed by atoms with E-state index in [0.29, 0.717) is 11.9 Å². The van der Waals surface area contributed by atoms with Gasteiger partial charge in [0.15, 0.2) is 11.5 Å². The van der Waals surface area contributed by atoms with Gasteiger partial charge in [0.05, 0.1) is 31.1 Å². The summed E-state index contributed by atoms with van der Waals surface area (Å²) in [5.74, 6) is 1.42. The molecule has 3 aromatic heterocycles. The molecule has 27 heavy (non-hydrogen) atoms. The zero-order valence-corrected chi connectivity index (χ0v) is 16.3. The highest BCUT2D eigenvalue weighted by atomic mass is 79.9. The lowest BCUT2D eigenvalue weighted by Crippen LogP contribution is -2.56. The van der Waals surface area contributed by atoms with Crippen LogP contribution in [0.15, 0.2) is 41.5 Å². The van der Waals surface area contributed by atoms with E-state index in [9.17, 15) is 0 Å². The quantitative estimate of drug-likeness (QED) is 0.680. The van der Waals surface area contributed by atoms with Gasteiger partial charge in [0, 0.05) is 44.8 Å². The number of fused-ring (bicyclic) bond motifs is 1. The zero-order chi connectivity index (χ0) is 18.2. The van der Waals surface area contributed by atoms with Crippen LogP contribution in [0.2, 0.25) is 0 Å². The summed E-state index contributed by atoms with van der Waals surface area (Å²) >= 11 is 3.43. The molecule has 5 heterocycles. The molecule has 2 saturated heterocycles. The number of rotatable bonds is 4. The normalized spacial score (nSPS) is 18.6. The monoisotopic (exact) mass is 429 g/mol. The van der Waals surface area contributed by atoms with E-state index in [1.165, 1.54) is 0 Å². The van der Waals surface area contributed by atoms with Gasteiger partial charge in [-0.1, -0.05) is 0 Å². The molecule has 0 spiro atoms. The number of pyridine rings is 1. The van der Waals surface area contributed by atoms with Crippen LogP contribution in [0.25, 0.3) is 5.65 Å². The minimum Gasteiger partial charge on any atom is -0.378 e. The number of anilines is 3. The van der Waals surface area contributed by atoms with Crippen LogP contribution in [-0.2, 0) is 4.74 Å². The Hall–Kier alpha value is -2.23. The summed E-state index contributed by atoms with van der Waals surface area (Å²) in [6.07, 6.45) is 7.43. The number of halogens is 1. The molecule has 2 fully saturated rings. The summed E-state index contributed by atoms with van der Waals surface area (Å²) in [6.45, 7) is 5.96. The fourth-order valence-electron chi connectivity index (χ4n) is 3.53. The molecule has 0 saturated carbocycles. The van der Waals surface area contributed by atoms with Gasteiger partial charge in [0.1, 0.15) is 10.4 Å². The van der Waals surface area contributed by atoms with Crippen molar-refractivity contribution in [3.63, 3.8) is 0 Å². The smallest absolute Gasteiger partial charge is 0.180 e. The molecule has 140 valence electrons. The highest BCUT2D eigenvalue weighted by Gasteiger charge is 2.28. The maximum absolute atomic E-state index is 5.30. The number of ether oxygens (including phenoxy) is 1. The molecule has 0 aromatic carbocycles. The van der Waals surface area contributed by atoms with Gasteiger partial charge in [-0.2, -0.15) is 0 Å². The molecule has 0 radical (unpaired) electrons. The molecule has 1 N–H and O–H groups in total. The number of nitrogens with zero attached hydrogens (tertiary/aromatic N) is 6. The Morgan fingerprint density at radius 2 is 1.96 bits per heavy atom. The number of hydrogen-bond donors (Lipinski definition) is 1. The lowest BCUT2D eigenvalue weighted by Gasteiger charge is -2.43. The van der Waals surface area contributed by atoms with Crippen molar-refractivity contribution in [3.05, 3.63) is 41.5 Å². The number of hydrogen-bond acceptors (Lipinski definition) is 7. The third-order valence-corrected chi connectivity index (χ3v) is 5.54. The van der Waals surface area contributed by atoms with Crippen LogP contribution in [0.1, 0.15) is 0 Å². The van der Waals surface area contributed by atoms with Gasteiger partial charge in [-0.15, -0.1) is 0 Å². The third kappa shape index (κ3) is 3.38. The lowest BCUT2D eigenvalue weighted by molar-refractivity contribution is -0.0660. The van der Waals surface area contributed by atoms with Crippen LogP contribution in [0, 0.1) is 0 Å². The minimum atomic E-state index is 0.619. The zero-order valence-electron chi connectivity index (χ0n) is 14.8. The van der Waals surface area contributed by atoms with Gasteiger partial charge in [-0.25, -0.2) is 15.0 Å². The molecule has 2 aliphatic rings. The lowest BCUT2D eigenvalue weighted by atomic mass is 10.2. The number of aromatic nitrogens is 4. The van der Waals surface area contributed by atoms with Gasteiger partial charge in [0.2, 0.25) is 0 Å². The molecule has 0 bridgehead atoms. The second-order valence-corrected chi connectivity index (χ2v) is 7.62. The summed E-state index contributed by atoms with van der Waals surface area (Å²) in [5, 5.41) is 3.26. The first-order chi connectivity index (χ1) is 13.3. The van der Waals surface area contributed by atoms with Crippen LogP contribution in [0.5, 0.6) is 0 Å². The van der Waals surface area contributed by atoms with E-state index in [1.807, 2.05) is 29.1 Å². The predicted octanol–water partition coefficient (Wildman–Crippen LogP) is 2.15. The van der Waals surface area contributed by atoms with Crippen LogP contribution in [-0.4, -0.2) is 69.7 Å². The largest absolute Gasteiger partial charge is 0.378 e. The first-order valence-electron chi connectivity index (χ1n) is 9.05. The fraction of sp³-hybridized carbons (Fsp3) is 0.389. The number of imidazole rings is 1. The molecular formula is C18H20BrN7O. The van der Waals surface area contributed by atoms with Crippen LogP contribution >= 0.6 is 15.9 Å². The highest BCUT2D eigenvalue weighted by Crippen LogP contribution is 2.23. The summed E-state index contributed by atoms with van der Waals surface area (Å²) < 4.78 is 7.96. The van der Waals surface area contributed by atoms with E-state index in [2.05, 4.69) is 52.1 Å². The average molecular weight is 430 g/mol. The van der Waals surface area contributed by atoms with Crippen LogP contribution < -0.4 is 10.2 Å². The van der Waals surface area contributed by atoms with Crippen molar-refractivity contribution in [1.82, 2.24) is 24.3 Å². The fourth-order valence-corrected chi connectivity index (χ4v) is 3.93. The van der Waals surface area contributed by atoms with E-state index in [4.69, 9.17) is 4.74 Å². The standard InChI is InChI=1S/C18H20BrN7O/c19-15-10-26-4-3-20-18(26)17(22-15)23-16-2-1-13(9-21-16)24-5-7-25(8-6-24)14-11-27-12-14/h1-4,9-10,14H,5-8,11-12H2,(H,21,22,23). The predicted molar refractivity (Wildman–Crippen MR) is 107 cm³/mol. The second-order valence-electron chi connectivity index (χ2n) is 6.81. The van der Waals surface area contributed by atoms with E-state index in [0.717, 1.165) is 61.1 Å². The van der Waals surface area contributed by atoms with Crippen LogP contribution in [0.4, 0.5) is 17.3 Å². The minimum absolute atomic E-state index is 0.619. The molecule has 3 aromatic rings. The summed E-state index contributed by atoms with van der Waals surface area (Å²) in [5.41, 5.74) is 1.92. The molecule has 0 unspecified atom stereocenters. The molecule has 0 amide bonds. The SMILES string of the molecule is Brc1cn2ccnc2c(Nc2ccc(N3CCN(C4COC4)CC3)cn2)n1. The topological polar surface area (TPSA) is 70.8 Å². The first-order valence-corrected chi connectivity index (χ1v) is 9.84. The summed E-state index contributed by atoms with van der Waals surface area (Å²) in [7, 11) is 0. The van der Waals surface area contributed by atoms with Gasteiger partial charge in [0.25, 0.3) is 0 Å². The van der Waals surface area contributed by atoms with Gasteiger partial charge in [-0.3, -0.25) is 4.90 Å². The van der Waals surface area contributed by atoms with Gasteiger partial charge in [-0.05, 0) is 28.1 Å². The van der Waals surface area contributed by atoms with E-state index in [1.54, 1.807) is 6.20 Å². The molecule has 0 aliphatic carbocycles. The maximum atomic E-state index is 5.30. The Morgan fingerprint density at radius 1 is 1.11 bits per heavy atom. The molecule has 0 atom stereocenters. The molecule has 8 nitrogen and oxygen atoms in total. The van der Waals surface area contributed by atoms with Crippen molar-refractivity contribution in [2.75, 3.05) is 49.6 Å². The van der Waals surface area contributed by atoms with Gasteiger partial charge < -0.3 is 19.4 Å². The van der Waals surface area contributed by atoms with Crippen molar-refractivity contribution in [1.29, 1.82) is 0 Å². The van der Waals surface area contributed by atoms with Crippen molar-refractivity contribution in [3.8, 4) is 0 Å². The van der Waals surface area contributed by atoms with Crippen molar-refractivity contribution >= 4 is 38.9 Å². The molecular weight excluding hydrogens is 410 g/mol. The molecule has 9 heteroatoms. The Balaban J connectivity index is 1.27. The number of nitrogens with one attached hydrogen (secondary N) is 1. The van der Waals surface area contributed by atoms with E-state index < -0.39 is 0 Å². The van der Waals surface area contributed by atoms with Crippen LogP contribution in [0.3, 0.4) is 0 Å². The Kier molecular flexibility index (Phi) is 4.42. The average Bonchev–Trinajstić information content (AvgIpc) is 3.10. The van der Waals surface area contributed by atoms with Gasteiger partial charge >= 0.3 is 0 Å². The summed E-state index contributed by atoms with van der Waals surface area (Å²) in [6, 6.07) is 4.72. The third-order valence-electron chi connectivity index (χ3n) is 5.16. The summed E-state index contributed by atoms with van der Waals surface area (Å²) in [4.78, 5) is 18.3. The molecule has 2 aliphatic heterocycles. The van der Waals surface area contributed by atoms with E-state index >= 15 is 0 Å². The Morgan fingerprint density at radius 3 is 2.67 bits per heavy atom. The van der Waals surface area contributed by atoms with Crippen molar-refractivity contribution in [2.45, 2.75) is 6.04 Å².